The van der Waals surface area contributed by atoms with Crippen molar-refractivity contribution in [2.75, 3.05) is 34.3 Å². The highest BCUT2D eigenvalue weighted by atomic mass is 32.2. The number of nitrogens with zero attached hydrogens (tertiary/aromatic N) is 1. The summed E-state index contributed by atoms with van der Waals surface area (Å²) in [5.41, 5.74) is 0.721. The van der Waals surface area contributed by atoms with E-state index in [-0.39, 0.29) is 17.3 Å². The highest BCUT2D eigenvalue weighted by Gasteiger charge is 2.20. The Hall–Kier alpha value is -1.44. The van der Waals surface area contributed by atoms with E-state index in [9.17, 15) is 13.2 Å². The first-order valence-corrected chi connectivity index (χ1v) is 8.12. The molecule has 6 nitrogen and oxygen atoms in total. The van der Waals surface area contributed by atoms with Gasteiger partial charge in [0.15, 0.2) is 0 Å². The fourth-order valence-electron chi connectivity index (χ4n) is 1.80. The van der Waals surface area contributed by atoms with Gasteiger partial charge in [0.2, 0.25) is 10.0 Å². The van der Waals surface area contributed by atoms with Crippen LogP contribution in [0.1, 0.15) is 12.0 Å². The third-order valence-corrected chi connectivity index (χ3v) is 4.98. The van der Waals surface area contributed by atoms with Crippen molar-refractivity contribution in [3.05, 3.63) is 29.8 Å². The van der Waals surface area contributed by atoms with Gasteiger partial charge in [-0.15, -0.1) is 0 Å². The minimum absolute atomic E-state index is 0.134. The van der Waals surface area contributed by atoms with Crippen molar-refractivity contribution in [1.82, 2.24) is 9.62 Å². The van der Waals surface area contributed by atoms with E-state index >= 15 is 0 Å². The van der Waals surface area contributed by atoms with E-state index in [1.54, 1.807) is 19.2 Å². The first-order valence-electron chi connectivity index (χ1n) is 6.68. The number of rotatable bonds is 8. The molecule has 0 heterocycles. The summed E-state index contributed by atoms with van der Waals surface area (Å²) in [6.07, 6.45) is 0.876. The Bertz CT molecular complexity index is 555. The van der Waals surface area contributed by atoms with Crippen LogP contribution in [0.5, 0.6) is 0 Å². The van der Waals surface area contributed by atoms with Crippen molar-refractivity contribution >= 4 is 16.0 Å². The standard InChI is InChI=1S/C14H22N2O4S/c1-15-9-4-10-16(2)21(18,19)13-7-5-12(6-8-13)11-14(17)20-3/h5-8,15H,4,9-11H2,1-3H3. The maximum absolute atomic E-state index is 12.3. The fourth-order valence-corrected chi connectivity index (χ4v) is 3.01. The van der Waals surface area contributed by atoms with Gasteiger partial charge in [0.25, 0.3) is 0 Å². The topological polar surface area (TPSA) is 75.7 Å². The molecule has 0 amide bonds. The average molecular weight is 314 g/mol. The van der Waals surface area contributed by atoms with Crippen molar-refractivity contribution < 1.29 is 17.9 Å². The molecule has 1 rings (SSSR count). The molecule has 1 aromatic rings. The first-order chi connectivity index (χ1) is 9.91. The second-order valence-corrected chi connectivity index (χ2v) is 6.73. The molecular weight excluding hydrogens is 292 g/mol. The summed E-state index contributed by atoms with van der Waals surface area (Å²) in [4.78, 5) is 11.4. The van der Waals surface area contributed by atoms with E-state index < -0.39 is 10.0 Å². The molecule has 0 saturated carbocycles. The van der Waals surface area contributed by atoms with Gasteiger partial charge in [0.05, 0.1) is 18.4 Å². The van der Waals surface area contributed by atoms with Crippen LogP contribution in [0.3, 0.4) is 0 Å². The molecule has 21 heavy (non-hydrogen) atoms. The smallest absolute Gasteiger partial charge is 0.309 e. The molecule has 0 aromatic heterocycles. The number of hydrogen-bond acceptors (Lipinski definition) is 5. The lowest BCUT2D eigenvalue weighted by atomic mass is 10.2. The van der Waals surface area contributed by atoms with Crippen molar-refractivity contribution in [1.29, 1.82) is 0 Å². The SMILES string of the molecule is CNCCCN(C)S(=O)(=O)c1ccc(CC(=O)OC)cc1. The van der Waals surface area contributed by atoms with Crippen LogP contribution in [0.2, 0.25) is 0 Å². The molecule has 0 spiro atoms. The third-order valence-electron chi connectivity index (χ3n) is 3.11. The number of ether oxygens (including phenoxy) is 1. The number of esters is 1. The van der Waals surface area contributed by atoms with E-state index in [4.69, 9.17) is 0 Å². The van der Waals surface area contributed by atoms with E-state index in [0.717, 1.165) is 18.5 Å². The maximum Gasteiger partial charge on any atom is 0.309 e. The molecule has 0 unspecified atom stereocenters. The Morgan fingerprint density at radius 3 is 2.43 bits per heavy atom. The molecule has 0 saturated heterocycles. The van der Waals surface area contributed by atoms with Crippen LogP contribution in [0.15, 0.2) is 29.2 Å². The zero-order valence-electron chi connectivity index (χ0n) is 12.6. The van der Waals surface area contributed by atoms with Gasteiger partial charge in [0.1, 0.15) is 0 Å². The minimum Gasteiger partial charge on any atom is -0.469 e. The second-order valence-electron chi connectivity index (χ2n) is 4.68. The fraction of sp³-hybridized carbons (Fsp3) is 0.500. The molecule has 0 aliphatic heterocycles. The Balaban J connectivity index is 2.77. The normalized spacial score (nSPS) is 11.6. The molecule has 1 N–H and O–H groups in total. The van der Waals surface area contributed by atoms with E-state index in [1.807, 2.05) is 7.05 Å². The molecule has 0 radical (unpaired) electrons. The second kappa shape index (κ2) is 8.11. The lowest BCUT2D eigenvalue weighted by Crippen LogP contribution is -2.29. The summed E-state index contributed by atoms with van der Waals surface area (Å²) in [6.45, 7) is 1.21. The predicted octanol–water partition coefficient (Wildman–Crippen LogP) is 0.632. The number of nitrogens with one attached hydrogen (secondary N) is 1. The van der Waals surface area contributed by atoms with Crippen molar-refractivity contribution in [3.8, 4) is 0 Å². The van der Waals surface area contributed by atoms with Crippen LogP contribution in [0.25, 0.3) is 0 Å². The zero-order valence-corrected chi connectivity index (χ0v) is 13.4. The minimum atomic E-state index is -3.48. The highest BCUT2D eigenvalue weighted by molar-refractivity contribution is 7.89. The van der Waals surface area contributed by atoms with Crippen LogP contribution < -0.4 is 5.32 Å². The van der Waals surface area contributed by atoms with Crippen molar-refractivity contribution in [3.63, 3.8) is 0 Å². The summed E-state index contributed by atoms with van der Waals surface area (Å²) in [7, 11) is 1.23. The molecule has 1 aromatic carbocycles. The molecule has 0 aliphatic carbocycles. The van der Waals surface area contributed by atoms with Gasteiger partial charge >= 0.3 is 5.97 Å². The van der Waals surface area contributed by atoms with E-state index in [2.05, 4.69) is 10.1 Å². The summed E-state index contributed by atoms with van der Waals surface area (Å²) < 4.78 is 30.6. The Morgan fingerprint density at radius 1 is 1.29 bits per heavy atom. The van der Waals surface area contributed by atoms with Gasteiger partial charge in [-0.1, -0.05) is 12.1 Å². The number of carbonyl (C=O) groups is 1. The predicted molar refractivity (Wildman–Crippen MR) is 80.5 cm³/mol. The third kappa shape index (κ3) is 5.11. The molecule has 0 aliphatic rings. The molecule has 7 heteroatoms. The average Bonchev–Trinajstić information content (AvgIpc) is 2.47. The summed E-state index contributed by atoms with van der Waals surface area (Å²) in [5.74, 6) is -0.352. The largest absolute Gasteiger partial charge is 0.469 e. The lowest BCUT2D eigenvalue weighted by molar-refractivity contribution is -0.139. The maximum atomic E-state index is 12.3. The summed E-state index contributed by atoms with van der Waals surface area (Å²) >= 11 is 0. The highest BCUT2D eigenvalue weighted by Crippen LogP contribution is 2.15. The molecule has 0 fully saturated rings. The monoisotopic (exact) mass is 314 g/mol. The van der Waals surface area contributed by atoms with Gasteiger partial charge < -0.3 is 10.1 Å². The Labute approximate surface area is 126 Å². The quantitative estimate of drug-likeness (QED) is 0.563. The van der Waals surface area contributed by atoms with Crippen molar-refractivity contribution in [2.45, 2.75) is 17.7 Å². The molecular formula is C14H22N2O4S. The van der Waals surface area contributed by atoms with E-state index in [1.165, 1.54) is 23.5 Å². The first kappa shape index (κ1) is 17.6. The van der Waals surface area contributed by atoms with Crippen LogP contribution in [-0.2, 0) is 26.0 Å². The van der Waals surface area contributed by atoms with Gasteiger partial charge in [-0.05, 0) is 37.7 Å². The van der Waals surface area contributed by atoms with Crippen LogP contribution in [0.4, 0.5) is 0 Å². The molecule has 118 valence electrons. The van der Waals surface area contributed by atoms with Crippen LogP contribution >= 0.6 is 0 Å². The molecule has 0 atom stereocenters. The van der Waals surface area contributed by atoms with Gasteiger partial charge in [-0.2, -0.15) is 0 Å². The Morgan fingerprint density at radius 2 is 1.90 bits per heavy atom. The van der Waals surface area contributed by atoms with Crippen LogP contribution in [0, 0.1) is 0 Å². The zero-order chi connectivity index (χ0) is 15.9. The number of carbonyl (C=O) groups excluding carboxylic acids is 1. The van der Waals surface area contributed by atoms with Gasteiger partial charge in [-0.25, -0.2) is 12.7 Å². The Kier molecular flexibility index (Phi) is 6.80. The lowest BCUT2D eigenvalue weighted by Gasteiger charge is -2.17. The number of hydrogen-bond donors (Lipinski definition) is 1. The van der Waals surface area contributed by atoms with Crippen molar-refractivity contribution in [2.24, 2.45) is 0 Å². The summed E-state index contributed by atoms with van der Waals surface area (Å²) in [5, 5.41) is 2.98. The van der Waals surface area contributed by atoms with E-state index in [0.29, 0.717) is 6.54 Å². The van der Waals surface area contributed by atoms with Gasteiger partial charge in [0, 0.05) is 13.6 Å². The number of benzene rings is 1. The van der Waals surface area contributed by atoms with Gasteiger partial charge in [-0.3, -0.25) is 4.79 Å². The number of methoxy groups -OCH3 is 1. The summed E-state index contributed by atoms with van der Waals surface area (Å²) in [6, 6.07) is 6.29. The molecule has 0 bridgehead atoms. The van der Waals surface area contributed by atoms with Crippen LogP contribution in [-0.4, -0.2) is 53.0 Å². The number of sulfonamides is 1.